The molecule has 1 amide bonds. The van der Waals surface area contributed by atoms with Crippen LogP contribution in [0.2, 0.25) is 0 Å². The summed E-state index contributed by atoms with van der Waals surface area (Å²) in [6, 6.07) is 5.31. The van der Waals surface area contributed by atoms with Crippen molar-refractivity contribution in [2.45, 2.75) is 20.3 Å². The number of anilines is 1. The highest BCUT2D eigenvalue weighted by Gasteiger charge is 2.15. The van der Waals surface area contributed by atoms with E-state index in [-0.39, 0.29) is 11.8 Å². The molecule has 1 aromatic carbocycles. The van der Waals surface area contributed by atoms with Crippen molar-refractivity contribution < 1.29 is 14.3 Å². The summed E-state index contributed by atoms with van der Waals surface area (Å²) in [7, 11) is 1.57. The van der Waals surface area contributed by atoms with Crippen LogP contribution >= 0.6 is 0 Å². The van der Waals surface area contributed by atoms with Crippen LogP contribution < -0.4 is 20.5 Å². The molecule has 0 aliphatic rings. The number of nitrogens with two attached hydrogens (primary N) is 1. The lowest BCUT2D eigenvalue weighted by Crippen LogP contribution is -2.28. The average Bonchev–Trinajstić information content (AvgIpc) is 2.42. The third-order valence-electron chi connectivity index (χ3n) is 2.88. The molecule has 19 heavy (non-hydrogen) atoms. The van der Waals surface area contributed by atoms with Gasteiger partial charge in [-0.3, -0.25) is 4.79 Å². The summed E-state index contributed by atoms with van der Waals surface area (Å²) in [5.41, 5.74) is 6.23. The lowest BCUT2D eigenvalue weighted by Gasteiger charge is -2.14. The Bertz CT molecular complexity index is 417. The second-order valence-electron chi connectivity index (χ2n) is 4.13. The second kappa shape index (κ2) is 7.63. The van der Waals surface area contributed by atoms with E-state index in [1.807, 2.05) is 13.8 Å². The molecule has 0 aliphatic heterocycles. The summed E-state index contributed by atoms with van der Waals surface area (Å²) in [6.45, 7) is 4.75. The normalized spacial score (nSPS) is 11.8. The van der Waals surface area contributed by atoms with Gasteiger partial charge in [0.2, 0.25) is 5.91 Å². The molecule has 0 radical (unpaired) electrons. The lowest BCUT2D eigenvalue weighted by atomic mass is 10.1. The van der Waals surface area contributed by atoms with Crippen LogP contribution in [0.3, 0.4) is 0 Å². The minimum atomic E-state index is -0.169. The molecular formula is C14H22N2O3. The quantitative estimate of drug-likeness (QED) is 0.792. The molecule has 0 saturated carbocycles. The molecule has 5 nitrogen and oxygen atoms in total. The smallest absolute Gasteiger partial charge is 0.228 e. The number of methoxy groups -OCH3 is 1. The molecule has 0 fully saturated rings. The molecule has 106 valence electrons. The van der Waals surface area contributed by atoms with Crippen LogP contribution in [-0.2, 0) is 4.79 Å². The molecule has 1 aromatic rings. The molecule has 3 N–H and O–H groups in total. The van der Waals surface area contributed by atoms with Gasteiger partial charge in [0.15, 0.2) is 11.5 Å². The molecule has 0 bridgehead atoms. The van der Waals surface area contributed by atoms with Crippen LogP contribution in [0.4, 0.5) is 5.69 Å². The Morgan fingerprint density at radius 3 is 2.63 bits per heavy atom. The van der Waals surface area contributed by atoms with Crippen LogP contribution in [0.25, 0.3) is 0 Å². The summed E-state index contributed by atoms with van der Waals surface area (Å²) in [5, 5.41) is 2.83. The molecule has 1 unspecified atom stereocenters. The van der Waals surface area contributed by atoms with Crippen molar-refractivity contribution >= 4 is 11.6 Å². The standard InChI is InChI=1S/C14H22N2O3/c1-4-10(9-15)14(17)16-11-6-7-12(19-5-2)13(8-11)18-3/h6-8,10H,4-5,9,15H2,1-3H3,(H,16,17). The summed E-state index contributed by atoms with van der Waals surface area (Å²) < 4.78 is 10.7. The van der Waals surface area contributed by atoms with E-state index in [4.69, 9.17) is 15.2 Å². The maximum absolute atomic E-state index is 11.9. The molecule has 5 heteroatoms. The Balaban J connectivity index is 2.82. The predicted octanol–water partition coefficient (Wildman–Crippen LogP) is 2.02. The second-order valence-corrected chi connectivity index (χ2v) is 4.13. The molecule has 0 spiro atoms. The zero-order chi connectivity index (χ0) is 14.3. The predicted molar refractivity (Wildman–Crippen MR) is 75.6 cm³/mol. The first kappa shape index (κ1) is 15.3. The van der Waals surface area contributed by atoms with Crippen molar-refractivity contribution in [3.05, 3.63) is 18.2 Å². The highest BCUT2D eigenvalue weighted by Crippen LogP contribution is 2.30. The van der Waals surface area contributed by atoms with E-state index in [1.165, 1.54) is 0 Å². The van der Waals surface area contributed by atoms with Crippen molar-refractivity contribution in [1.82, 2.24) is 0 Å². The van der Waals surface area contributed by atoms with Crippen molar-refractivity contribution in [2.75, 3.05) is 25.6 Å². The number of benzene rings is 1. The molecule has 0 aromatic heterocycles. The number of rotatable bonds is 7. The van der Waals surface area contributed by atoms with Crippen LogP contribution in [0.1, 0.15) is 20.3 Å². The number of amides is 1. The van der Waals surface area contributed by atoms with Gasteiger partial charge in [-0.15, -0.1) is 0 Å². The minimum absolute atomic E-state index is 0.0730. The van der Waals surface area contributed by atoms with Gasteiger partial charge in [0.05, 0.1) is 19.6 Å². The first-order valence-electron chi connectivity index (χ1n) is 6.47. The largest absolute Gasteiger partial charge is 0.493 e. The van der Waals surface area contributed by atoms with Crippen molar-refractivity contribution in [1.29, 1.82) is 0 Å². The molecular weight excluding hydrogens is 244 g/mol. The monoisotopic (exact) mass is 266 g/mol. The van der Waals surface area contributed by atoms with E-state index in [2.05, 4.69) is 5.32 Å². The molecule has 0 heterocycles. The van der Waals surface area contributed by atoms with Gasteiger partial charge in [-0.2, -0.15) is 0 Å². The van der Waals surface area contributed by atoms with Gasteiger partial charge in [-0.25, -0.2) is 0 Å². The van der Waals surface area contributed by atoms with Gasteiger partial charge in [0.25, 0.3) is 0 Å². The highest BCUT2D eigenvalue weighted by molar-refractivity contribution is 5.93. The Morgan fingerprint density at radius 2 is 2.11 bits per heavy atom. The topological polar surface area (TPSA) is 73.6 Å². The van der Waals surface area contributed by atoms with Gasteiger partial charge in [0, 0.05) is 18.3 Å². The zero-order valence-electron chi connectivity index (χ0n) is 11.7. The van der Waals surface area contributed by atoms with Crippen molar-refractivity contribution in [3.63, 3.8) is 0 Å². The average molecular weight is 266 g/mol. The van der Waals surface area contributed by atoms with E-state index in [1.54, 1.807) is 25.3 Å². The number of carbonyl (C=O) groups excluding carboxylic acids is 1. The molecule has 0 saturated heterocycles. The summed E-state index contributed by atoms with van der Waals surface area (Å²) >= 11 is 0. The van der Waals surface area contributed by atoms with Crippen molar-refractivity contribution in [2.24, 2.45) is 11.7 Å². The van der Waals surface area contributed by atoms with E-state index in [9.17, 15) is 4.79 Å². The lowest BCUT2D eigenvalue weighted by molar-refractivity contribution is -0.119. The van der Waals surface area contributed by atoms with Crippen LogP contribution in [-0.4, -0.2) is 26.2 Å². The highest BCUT2D eigenvalue weighted by atomic mass is 16.5. The molecule has 1 atom stereocenters. The first-order chi connectivity index (χ1) is 9.15. The number of nitrogens with one attached hydrogen (secondary N) is 1. The molecule has 0 aliphatic carbocycles. The Morgan fingerprint density at radius 1 is 1.37 bits per heavy atom. The fourth-order valence-electron chi connectivity index (χ4n) is 1.72. The Labute approximate surface area is 114 Å². The van der Waals surface area contributed by atoms with Crippen LogP contribution in [0, 0.1) is 5.92 Å². The number of carbonyl (C=O) groups is 1. The van der Waals surface area contributed by atoms with E-state index in [0.717, 1.165) is 6.42 Å². The van der Waals surface area contributed by atoms with Gasteiger partial charge in [0.1, 0.15) is 0 Å². The summed E-state index contributed by atoms with van der Waals surface area (Å²) in [4.78, 5) is 11.9. The summed E-state index contributed by atoms with van der Waals surface area (Å²) in [6.07, 6.45) is 0.719. The van der Waals surface area contributed by atoms with Gasteiger partial charge in [-0.1, -0.05) is 6.92 Å². The number of hydrogen-bond donors (Lipinski definition) is 2. The van der Waals surface area contributed by atoms with E-state index in [0.29, 0.717) is 30.3 Å². The number of ether oxygens (including phenoxy) is 2. The van der Waals surface area contributed by atoms with Gasteiger partial charge >= 0.3 is 0 Å². The zero-order valence-corrected chi connectivity index (χ0v) is 11.7. The summed E-state index contributed by atoms with van der Waals surface area (Å²) in [5.74, 6) is 1.02. The van der Waals surface area contributed by atoms with E-state index < -0.39 is 0 Å². The minimum Gasteiger partial charge on any atom is -0.493 e. The SMILES string of the molecule is CCOc1ccc(NC(=O)C(CC)CN)cc1OC. The van der Waals surface area contributed by atoms with E-state index >= 15 is 0 Å². The van der Waals surface area contributed by atoms with Gasteiger partial charge < -0.3 is 20.5 Å². The van der Waals surface area contributed by atoms with Gasteiger partial charge in [-0.05, 0) is 25.5 Å². The third-order valence-corrected chi connectivity index (χ3v) is 2.88. The van der Waals surface area contributed by atoms with Crippen molar-refractivity contribution in [3.8, 4) is 11.5 Å². The Kier molecular flexibility index (Phi) is 6.15. The maximum atomic E-state index is 11.9. The van der Waals surface area contributed by atoms with Crippen LogP contribution in [0.5, 0.6) is 11.5 Å². The maximum Gasteiger partial charge on any atom is 0.228 e. The Hall–Kier alpha value is -1.75. The number of hydrogen-bond acceptors (Lipinski definition) is 4. The van der Waals surface area contributed by atoms with Crippen LogP contribution in [0.15, 0.2) is 18.2 Å². The fraction of sp³-hybridized carbons (Fsp3) is 0.500. The first-order valence-corrected chi connectivity index (χ1v) is 6.47. The molecule has 1 rings (SSSR count). The fourth-order valence-corrected chi connectivity index (χ4v) is 1.72. The third kappa shape index (κ3) is 4.13.